The molecule has 22 heavy (non-hydrogen) atoms. The number of nitrogens with zero attached hydrogens (tertiary/aromatic N) is 2. The van der Waals surface area contributed by atoms with Crippen molar-refractivity contribution >= 4 is 22.5 Å². The lowest BCUT2D eigenvalue weighted by atomic mass is 10.0. The molecule has 114 valence electrons. The van der Waals surface area contributed by atoms with Crippen LogP contribution in [0.5, 0.6) is 0 Å². The maximum absolute atomic E-state index is 10.8. The van der Waals surface area contributed by atoms with E-state index in [9.17, 15) is 8.76 Å². The molecule has 5 heteroatoms. The maximum Gasteiger partial charge on any atom is 0.0828 e. The van der Waals surface area contributed by atoms with Crippen molar-refractivity contribution in [3.8, 4) is 0 Å². The molecule has 0 aromatic heterocycles. The van der Waals surface area contributed by atoms with Gasteiger partial charge in [-0.3, -0.25) is 9.22 Å². The fourth-order valence-electron chi connectivity index (χ4n) is 2.71. The Balaban J connectivity index is 1.85. The quantitative estimate of drug-likeness (QED) is 0.813. The zero-order valence-electron chi connectivity index (χ0n) is 12.3. The average Bonchev–Trinajstić information content (AvgIpc) is 2.90. The summed E-state index contributed by atoms with van der Waals surface area (Å²) in [6.45, 7) is 2.03. The topological polar surface area (TPSA) is 55.7 Å². The number of hydrazone groups is 1. The molecule has 0 fully saturated rings. The summed E-state index contributed by atoms with van der Waals surface area (Å²) in [5.41, 5.74) is 4.11. The van der Waals surface area contributed by atoms with E-state index in [2.05, 4.69) is 5.10 Å². The molecule has 0 radical (unpaired) electrons. The number of anilines is 1. The van der Waals surface area contributed by atoms with Gasteiger partial charge in [0, 0.05) is 17.9 Å². The van der Waals surface area contributed by atoms with Gasteiger partial charge in [0.2, 0.25) is 0 Å². The number of rotatable bonds is 4. The minimum Gasteiger partial charge on any atom is -0.772 e. The molecule has 2 unspecified atom stereocenters. The van der Waals surface area contributed by atoms with Crippen LogP contribution in [0, 0.1) is 0 Å². The third-order valence-electron chi connectivity index (χ3n) is 3.73. The van der Waals surface area contributed by atoms with Gasteiger partial charge < -0.3 is 4.55 Å². The molecule has 0 bridgehead atoms. The van der Waals surface area contributed by atoms with Crippen LogP contribution in [0.25, 0.3) is 0 Å². The molecule has 4 nitrogen and oxygen atoms in total. The third-order valence-corrected chi connectivity index (χ3v) is 4.30. The first-order valence-electron chi connectivity index (χ1n) is 7.16. The molecular formula is C17H17N2O2S-. The summed E-state index contributed by atoms with van der Waals surface area (Å²) in [5.74, 6) is 0.0584. The first kappa shape index (κ1) is 14.9. The van der Waals surface area contributed by atoms with Crippen LogP contribution in [0.1, 0.15) is 30.5 Å². The van der Waals surface area contributed by atoms with Crippen molar-refractivity contribution in [2.75, 3.05) is 5.01 Å². The van der Waals surface area contributed by atoms with Gasteiger partial charge >= 0.3 is 0 Å². The van der Waals surface area contributed by atoms with Crippen LogP contribution in [-0.4, -0.2) is 14.5 Å². The second-order valence-electron chi connectivity index (χ2n) is 5.42. The van der Waals surface area contributed by atoms with Gasteiger partial charge in [0.05, 0.1) is 11.7 Å². The molecule has 2 atom stereocenters. The average molecular weight is 313 g/mol. The van der Waals surface area contributed by atoms with E-state index in [4.69, 9.17) is 0 Å². The normalized spacial score (nSPS) is 19.1. The Bertz CT molecular complexity index is 698. The number of benzene rings is 2. The molecule has 3 rings (SSSR count). The summed E-state index contributed by atoms with van der Waals surface area (Å²) in [4.78, 5) is 0. The highest BCUT2D eigenvalue weighted by atomic mass is 32.2. The van der Waals surface area contributed by atoms with E-state index in [1.165, 1.54) is 0 Å². The van der Waals surface area contributed by atoms with Crippen LogP contribution >= 0.6 is 0 Å². The highest BCUT2D eigenvalue weighted by Gasteiger charge is 2.27. The van der Waals surface area contributed by atoms with Crippen LogP contribution in [0.3, 0.4) is 0 Å². The number of hydrogen-bond acceptors (Lipinski definition) is 4. The van der Waals surface area contributed by atoms with E-state index in [1.54, 1.807) is 0 Å². The molecular weight excluding hydrogens is 296 g/mol. The molecule has 1 aliphatic rings. The van der Waals surface area contributed by atoms with Crippen molar-refractivity contribution in [1.29, 1.82) is 0 Å². The highest BCUT2D eigenvalue weighted by molar-refractivity contribution is 7.78. The van der Waals surface area contributed by atoms with Gasteiger partial charge in [0.25, 0.3) is 0 Å². The summed E-state index contributed by atoms with van der Waals surface area (Å²) in [5, 5.41) is 6.68. The van der Waals surface area contributed by atoms with Gasteiger partial charge in [-0.1, -0.05) is 53.5 Å². The fourth-order valence-corrected chi connectivity index (χ4v) is 3.17. The Labute approximate surface area is 132 Å². The summed E-state index contributed by atoms with van der Waals surface area (Å²) in [7, 11) is 0. The van der Waals surface area contributed by atoms with Crippen LogP contribution in [0.2, 0.25) is 0 Å². The van der Waals surface area contributed by atoms with E-state index in [1.807, 2.05) is 66.5 Å². The van der Waals surface area contributed by atoms with E-state index in [0.29, 0.717) is 0 Å². The SMILES string of the molecule is CC1=NN(c2ccccc2)C(c2ccc(CS(=O)[O-])cc2)C1. The van der Waals surface area contributed by atoms with Gasteiger partial charge in [-0.05, 0) is 30.2 Å². The van der Waals surface area contributed by atoms with E-state index < -0.39 is 11.1 Å². The number of hydrogen-bond donors (Lipinski definition) is 0. The van der Waals surface area contributed by atoms with Gasteiger partial charge in [0.1, 0.15) is 0 Å². The summed E-state index contributed by atoms with van der Waals surface area (Å²) < 4.78 is 21.5. The van der Waals surface area contributed by atoms with Gasteiger partial charge in [-0.25, -0.2) is 0 Å². The molecule has 2 aromatic carbocycles. The minimum absolute atomic E-state index is 0.0584. The van der Waals surface area contributed by atoms with E-state index in [-0.39, 0.29) is 11.8 Å². The lowest BCUT2D eigenvalue weighted by Gasteiger charge is -2.24. The van der Waals surface area contributed by atoms with Crippen molar-refractivity contribution in [1.82, 2.24) is 0 Å². The smallest absolute Gasteiger partial charge is 0.0828 e. The molecule has 0 saturated heterocycles. The van der Waals surface area contributed by atoms with Crippen molar-refractivity contribution in [3.63, 3.8) is 0 Å². The van der Waals surface area contributed by atoms with Gasteiger partial charge in [-0.15, -0.1) is 0 Å². The molecule has 0 aliphatic carbocycles. The summed E-state index contributed by atoms with van der Waals surface area (Å²) in [6, 6.07) is 18.0. The third kappa shape index (κ3) is 3.26. The summed E-state index contributed by atoms with van der Waals surface area (Å²) in [6.07, 6.45) is 0.877. The van der Waals surface area contributed by atoms with Crippen LogP contribution in [0.4, 0.5) is 5.69 Å². The Morgan fingerprint density at radius 2 is 1.86 bits per heavy atom. The Morgan fingerprint density at radius 1 is 1.18 bits per heavy atom. The molecule has 1 aliphatic heterocycles. The Kier molecular flexibility index (Phi) is 4.36. The maximum atomic E-state index is 10.8. The van der Waals surface area contributed by atoms with E-state index >= 15 is 0 Å². The molecule has 0 N–H and O–H groups in total. The first-order chi connectivity index (χ1) is 10.6. The lowest BCUT2D eigenvalue weighted by Crippen LogP contribution is -2.18. The van der Waals surface area contributed by atoms with Crippen LogP contribution in [-0.2, 0) is 16.8 Å². The van der Waals surface area contributed by atoms with Crippen molar-refractivity contribution in [2.24, 2.45) is 5.10 Å². The van der Waals surface area contributed by atoms with Crippen LogP contribution < -0.4 is 5.01 Å². The van der Waals surface area contributed by atoms with Crippen molar-refractivity contribution < 1.29 is 8.76 Å². The zero-order chi connectivity index (χ0) is 15.5. The zero-order valence-corrected chi connectivity index (χ0v) is 13.1. The fraction of sp³-hybridized carbons (Fsp3) is 0.235. The monoisotopic (exact) mass is 313 g/mol. The predicted molar refractivity (Wildman–Crippen MR) is 88.5 cm³/mol. The lowest BCUT2D eigenvalue weighted by molar-refractivity contribution is 0.536. The minimum atomic E-state index is -2.05. The largest absolute Gasteiger partial charge is 0.772 e. The van der Waals surface area contributed by atoms with Gasteiger partial charge in [-0.2, -0.15) is 5.10 Å². The van der Waals surface area contributed by atoms with E-state index in [0.717, 1.165) is 28.9 Å². The van der Waals surface area contributed by atoms with Crippen LogP contribution in [0.15, 0.2) is 59.7 Å². The second kappa shape index (κ2) is 6.42. The molecule has 1 heterocycles. The standard InChI is InChI=1S/C17H18N2O2S/c1-13-11-17(19(18-13)16-5-3-2-4-6-16)15-9-7-14(8-10-15)12-22(20)21/h2-10,17H,11-12H2,1H3,(H,20,21)/p-1. The first-order valence-corrected chi connectivity index (χ1v) is 8.41. The molecule has 0 spiro atoms. The highest BCUT2D eigenvalue weighted by Crippen LogP contribution is 2.34. The Morgan fingerprint density at radius 3 is 2.50 bits per heavy atom. The Hall–Kier alpha value is -1.98. The van der Waals surface area contributed by atoms with Crippen molar-refractivity contribution in [2.45, 2.75) is 25.1 Å². The molecule has 0 saturated carbocycles. The second-order valence-corrected chi connectivity index (χ2v) is 6.32. The van der Waals surface area contributed by atoms with Crippen molar-refractivity contribution in [3.05, 3.63) is 65.7 Å². The number of para-hydroxylation sites is 1. The predicted octanol–water partition coefficient (Wildman–Crippen LogP) is 3.39. The van der Waals surface area contributed by atoms with Gasteiger partial charge in [0.15, 0.2) is 0 Å². The summed E-state index contributed by atoms with van der Waals surface area (Å²) >= 11 is -2.05. The molecule has 2 aromatic rings. The molecule has 0 amide bonds.